The lowest BCUT2D eigenvalue weighted by Gasteiger charge is -2.47. The highest BCUT2D eigenvalue weighted by Crippen LogP contribution is 2.63. The van der Waals surface area contributed by atoms with Gasteiger partial charge in [-0.3, -0.25) is 9.59 Å². The SMILES string of the molecule is C=C(C)[C@@H]1C[C@@H](OCOC)C2(OCOC)CC(C(C)(C)O)[C@@]1(C(=O)OC)C2=O. The second-order valence-corrected chi connectivity index (χ2v) is 8.24. The minimum Gasteiger partial charge on any atom is -0.468 e. The van der Waals surface area contributed by atoms with Crippen molar-refractivity contribution >= 4 is 11.8 Å². The van der Waals surface area contributed by atoms with Crippen LogP contribution in [-0.4, -0.2) is 69.1 Å². The summed E-state index contributed by atoms with van der Waals surface area (Å²) in [5, 5.41) is 11.0. The van der Waals surface area contributed by atoms with Gasteiger partial charge < -0.3 is 28.8 Å². The number of rotatable bonds is 9. The van der Waals surface area contributed by atoms with E-state index in [1.54, 1.807) is 20.8 Å². The highest BCUT2D eigenvalue weighted by Gasteiger charge is 2.78. The maximum atomic E-state index is 13.9. The number of methoxy groups -OCH3 is 3. The molecule has 0 aromatic rings. The first-order valence-electron chi connectivity index (χ1n) is 9.28. The normalized spacial score (nSPS) is 35.1. The fourth-order valence-electron chi connectivity index (χ4n) is 5.01. The average molecular weight is 400 g/mol. The molecule has 0 amide bonds. The molecular weight excluding hydrogens is 368 g/mol. The number of allylic oxidation sites excluding steroid dienone is 1. The van der Waals surface area contributed by atoms with Crippen molar-refractivity contribution in [1.29, 1.82) is 0 Å². The van der Waals surface area contributed by atoms with E-state index in [1.165, 1.54) is 21.3 Å². The average Bonchev–Trinajstić information content (AvgIpc) is 2.81. The Balaban J connectivity index is 2.73. The van der Waals surface area contributed by atoms with Crippen molar-refractivity contribution in [3.63, 3.8) is 0 Å². The van der Waals surface area contributed by atoms with E-state index >= 15 is 0 Å². The van der Waals surface area contributed by atoms with E-state index in [9.17, 15) is 14.7 Å². The topological polar surface area (TPSA) is 101 Å². The van der Waals surface area contributed by atoms with Crippen LogP contribution in [-0.2, 0) is 33.3 Å². The molecule has 5 atom stereocenters. The number of carbonyl (C=O) groups is 2. The van der Waals surface area contributed by atoms with Crippen molar-refractivity contribution in [3.05, 3.63) is 12.2 Å². The summed E-state index contributed by atoms with van der Waals surface area (Å²) in [4.78, 5) is 27.0. The number of Topliss-reactive ketones (excluding diaryl/α,β-unsaturated/α-hetero) is 1. The molecule has 1 N–H and O–H groups in total. The van der Waals surface area contributed by atoms with E-state index in [-0.39, 0.29) is 20.0 Å². The van der Waals surface area contributed by atoms with Gasteiger partial charge in [0.1, 0.15) is 19.0 Å². The molecule has 0 aromatic carbocycles. The summed E-state index contributed by atoms with van der Waals surface area (Å²) in [6.07, 6.45) is -0.302. The summed E-state index contributed by atoms with van der Waals surface area (Å²) in [6, 6.07) is 0. The molecule has 2 rings (SSSR count). The summed E-state index contributed by atoms with van der Waals surface area (Å²) < 4.78 is 26.9. The Bertz CT molecular complexity index is 624. The number of esters is 1. The van der Waals surface area contributed by atoms with Gasteiger partial charge in [-0.05, 0) is 33.6 Å². The number of ether oxygens (including phenoxy) is 5. The zero-order chi connectivity index (χ0) is 21.3. The van der Waals surface area contributed by atoms with Gasteiger partial charge in [0.2, 0.25) is 0 Å². The van der Waals surface area contributed by atoms with Crippen LogP contribution in [0.5, 0.6) is 0 Å². The molecule has 8 nitrogen and oxygen atoms in total. The van der Waals surface area contributed by atoms with E-state index in [0.29, 0.717) is 12.0 Å². The van der Waals surface area contributed by atoms with Crippen molar-refractivity contribution < 1.29 is 38.4 Å². The molecule has 2 unspecified atom stereocenters. The predicted octanol–water partition coefficient (Wildman–Crippen LogP) is 1.45. The van der Waals surface area contributed by atoms with E-state index < -0.39 is 46.3 Å². The van der Waals surface area contributed by atoms with Crippen LogP contribution in [0.15, 0.2) is 12.2 Å². The van der Waals surface area contributed by atoms with E-state index in [1.807, 2.05) is 0 Å². The van der Waals surface area contributed by atoms with Gasteiger partial charge in [-0.15, -0.1) is 0 Å². The second-order valence-electron chi connectivity index (χ2n) is 8.24. The summed E-state index contributed by atoms with van der Waals surface area (Å²) in [5.74, 6) is -2.48. The smallest absolute Gasteiger partial charge is 0.320 e. The molecule has 2 saturated carbocycles. The molecule has 160 valence electrons. The lowest BCUT2D eigenvalue weighted by Crippen LogP contribution is -2.63. The van der Waals surface area contributed by atoms with Crippen molar-refractivity contribution in [2.75, 3.05) is 34.9 Å². The van der Waals surface area contributed by atoms with Gasteiger partial charge in [-0.1, -0.05) is 12.2 Å². The first kappa shape index (κ1) is 23.0. The Morgan fingerprint density at radius 1 is 1.25 bits per heavy atom. The molecule has 0 aromatic heterocycles. The van der Waals surface area contributed by atoms with Gasteiger partial charge >= 0.3 is 5.97 Å². The molecule has 2 bridgehead atoms. The Morgan fingerprint density at radius 2 is 1.86 bits per heavy atom. The van der Waals surface area contributed by atoms with Crippen LogP contribution in [0.1, 0.15) is 33.6 Å². The minimum absolute atomic E-state index is 0.0443. The number of fused-ring (bicyclic) bond motifs is 2. The van der Waals surface area contributed by atoms with Crippen molar-refractivity contribution in [1.82, 2.24) is 0 Å². The molecule has 0 radical (unpaired) electrons. The Hall–Kier alpha value is -1.32. The third-order valence-electron chi connectivity index (χ3n) is 6.13. The zero-order valence-corrected chi connectivity index (χ0v) is 17.6. The van der Waals surface area contributed by atoms with Crippen LogP contribution in [0.3, 0.4) is 0 Å². The molecule has 2 fully saturated rings. The van der Waals surface area contributed by atoms with Crippen LogP contribution in [0.25, 0.3) is 0 Å². The van der Waals surface area contributed by atoms with E-state index in [0.717, 1.165) is 0 Å². The standard InChI is InChI=1S/C20H32O8/c1-12(2)13-8-15(27-10-24-5)19(28-11-25-6)9-14(18(3,4)23)20(13,16(19)21)17(22)26-7/h13-15,23H,1,8-11H2,2-7H3/t13-,14?,15+,19?,20+/m0/s1. The van der Waals surface area contributed by atoms with Crippen LogP contribution in [0.2, 0.25) is 0 Å². The Morgan fingerprint density at radius 3 is 2.32 bits per heavy atom. The molecule has 0 heterocycles. The lowest BCUT2D eigenvalue weighted by atomic mass is 9.57. The largest absolute Gasteiger partial charge is 0.468 e. The van der Waals surface area contributed by atoms with Crippen LogP contribution < -0.4 is 0 Å². The third-order valence-corrected chi connectivity index (χ3v) is 6.13. The summed E-state index contributed by atoms with van der Waals surface area (Å²) in [5.41, 5.74) is -3.79. The van der Waals surface area contributed by atoms with Gasteiger partial charge in [0.15, 0.2) is 11.4 Å². The quantitative estimate of drug-likeness (QED) is 0.269. The van der Waals surface area contributed by atoms with Crippen LogP contribution in [0.4, 0.5) is 0 Å². The van der Waals surface area contributed by atoms with Gasteiger partial charge in [0.25, 0.3) is 0 Å². The number of ketones is 1. The molecule has 0 aliphatic heterocycles. The predicted molar refractivity (Wildman–Crippen MR) is 99.2 cm³/mol. The first-order valence-corrected chi connectivity index (χ1v) is 9.28. The summed E-state index contributed by atoms with van der Waals surface area (Å²) in [6.45, 7) is 8.74. The van der Waals surface area contributed by atoms with Gasteiger partial charge in [0, 0.05) is 26.1 Å². The molecule has 8 heteroatoms. The molecule has 28 heavy (non-hydrogen) atoms. The first-order chi connectivity index (χ1) is 13.0. The van der Waals surface area contributed by atoms with Gasteiger partial charge in [-0.2, -0.15) is 0 Å². The second kappa shape index (κ2) is 8.20. The van der Waals surface area contributed by atoms with Crippen molar-refractivity contribution in [3.8, 4) is 0 Å². The Kier molecular flexibility index (Phi) is 6.72. The monoisotopic (exact) mass is 400 g/mol. The fourth-order valence-corrected chi connectivity index (χ4v) is 5.01. The fraction of sp³-hybridized carbons (Fsp3) is 0.800. The van der Waals surface area contributed by atoms with Crippen LogP contribution in [0, 0.1) is 17.3 Å². The summed E-state index contributed by atoms with van der Waals surface area (Å²) >= 11 is 0. The third kappa shape index (κ3) is 3.31. The lowest BCUT2D eigenvalue weighted by molar-refractivity contribution is -0.220. The molecule has 2 aliphatic rings. The highest BCUT2D eigenvalue weighted by atomic mass is 16.7. The highest BCUT2D eigenvalue weighted by molar-refractivity contribution is 6.12. The van der Waals surface area contributed by atoms with Gasteiger partial charge in [-0.25, -0.2) is 0 Å². The minimum atomic E-state index is -1.61. The zero-order valence-electron chi connectivity index (χ0n) is 17.6. The molecule has 0 spiro atoms. The van der Waals surface area contributed by atoms with Crippen molar-refractivity contribution in [2.24, 2.45) is 17.3 Å². The molecular formula is C20H32O8. The maximum Gasteiger partial charge on any atom is 0.320 e. The summed E-state index contributed by atoms with van der Waals surface area (Å²) in [7, 11) is 4.17. The molecule has 2 aliphatic carbocycles. The maximum absolute atomic E-state index is 13.9. The van der Waals surface area contributed by atoms with Crippen LogP contribution >= 0.6 is 0 Å². The number of carbonyl (C=O) groups excluding carboxylic acids is 2. The van der Waals surface area contributed by atoms with E-state index in [4.69, 9.17) is 23.7 Å². The number of hydrogen-bond acceptors (Lipinski definition) is 8. The van der Waals surface area contributed by atoms with E-state index in [2.05, 4.69) is 6.58 Å². The number of aliphatic hydroxyl groups is 1. The van der Waals surface area contributed by atoms with Crippen molar-refractivity contribution in [2.45, 2.75) is 50.9 Å². The molecule has 0 saturated heterocycles. The Labute approximate surface area is 166 Å². The number of hydrogen-bond donors (Lipinski definition) is 1. The van der Waals surface area contributed by atoms with Gasteiger partial charge in [0.05, 0.1) is 18.8 Å².